The van der Waals surface area contributed by atoms with E-state index in [1.165, 1.54) is 6.42 Å². The molecule has 0 spiro atoms. The van der Waals surface area contributed by atoms with Crippen LogP contribution in [0.3, 0.4) is 0 Å². The third-order valence-electron chi connectivity index (χ3n) is 3.65. The topological polar surface area (TPSA) is 20.3 Å². The van der Waals surface area contributed by atoms with Crippen molar-refractivity contribution in [2.24, 2.45) is 5.92 Å². The van der Waals surface area contributed by atoms with Gasteiger partial charge in [0.25, 0.3) is 5.91 Å². The summed E-state index contributed by atoms with van der Waals surface area (Å²) in [5.41, 5.74) is 0.709. The van der Waals surface area contributed by atoms with Crippen molar-refractivity contribution in [2.45, 2.75) is 26.2 Å². The van der Waals surface area contributed by atoms with E-state index >= 15 is 0 Å². The molecule has 1 aromatic rings. The fourth-order valence-corrected chi connectivity index (χ4v) is 2.85. The maximum Gasteiger partial charge on any atom is 0.253 e. The van der Waals surface area contributed by atoms with Gasteiger partial charge in [-0.3, -0.25) is 4.79 Å². The number of piperidine rings is 1. The van der Waals surface area contributed by atoms with Crippen molar-refractivity contribution in [3.8, 4) is 0 Å². The van der Waals surface area contributed by atoms with Crippen molar-refractivity contribution >= 4 is 33.4 Å². The molecule has 18 heavy (non-hydrogen) atoms. The molecule has 0 bridgehead atoms. The van der Waals surface area contributed by atoms with Gasteiger partial charge in [-0.2, -0.15) is 0 Å². The minimum Gasteiger partial charge on any atom is -0.339 e. The highest BCUT2D eigenvalue weighted by atomic mass is 79.9. The Balaban J connectivity index is 2.05. The summed E-state index contributed by atoms with van der Waals surface area (Å²) in [5, 5.41) is 0.635. The van der Waals surface area contributed by atoms with Crippen molar-refractivity contribution in [2.75, 3.05) is 13.1 Å². The van der Waals surface area contributed by atoms with Gasteiger partial charge in [-0.05, 0) is 52.9 Å². The number of nitrogens with zero attached hydrogens (tertiary/aromatic N) is 1. The molecular formula is C14H17BrClNO. The molecule has 0 saturated carbocycles. The third kappa shape index (κ3) is 3.07. The summed E-state index contributed by atoms with van der Waals surface area (Å²) in [5.74, 6) is 0.896. The first-order chi connectivity index (χ1) is 8.61. The van der Waals surface area contributed by atoms with Crippen molar-refractivity contribution in [1.82, 2.24) is 4.90 Å². The number of amides is 1. The highest BCUT2D eigenvalue weighted by Gasteiger charge is 2.22. The molecule has 1 saturated heterocycles. The summed E-state index contributed by atoms with van der Waals surface area (Å²) in [6.07, 6.45) is 3.46. The number of likely N-dealkylation sites (tertiary alicyclic amines) is 1. The number of benzene rings is 1. The first-order valence-corrected chi connectivity index (χ1v) is 7.53. The van der Waals surface area contributed by atoms with Gasteiger partial charge in [0.05, 0.1) is 5.02 Å². The second kappa shape index (κ2) is 6.07. The van der Waals surface area contributed by atoms with Gasteiger partial charge in [-0.25, -0.2) is 0 Å². The lowest BCUT2D eigenvalue weighted by molar-refractivity contribution is 0.0689. The van der Waals surface area contributed by atoms with Gasteiger partial charge in [-0.1, -0.05) is 24.9 Å². The Morgan fingerprint density at radius 3 is 2.67 bits per heavy atom. The highest BCUT2D eigenvalue weighted by Crippen LogP contribution is 2.25. The molecule has 0 aromatic heterocycles. The molecule has 0 N–H and O–H groups in total. The van der Waals surface area contributed by atoms with Crippen molar-refractivity contribution in [3.63, 3.8) is 0 Å². The molecule has 1 heterocycles. The Morgan fingerprint density at radius 1 is 1.44 bits per heavy atom. The number of halogens is 2. The van der Waals surface area contributed by atoms with Gasteiger partial charge < -0.3 is 4.90 Å². The van der Waals surface area contributed by atoms with Crippen LogP contribution >= 0.6 is 27.5 Å². The van der Waals surface area contributed by atoms with Crippen LogP contribution < -0.4 is 0 Å². The van der Waals surface area contributed by atoms with Crippen LogP contribution in [0.1, 0.15) is 36.5 Å². The molecule has 0 atom stereocenters. The first kappa shape index (κ1) is 13.9. The normalized spacial score (nSPS) is 16.9. The van der Waals surface area contributed by atoms with Crippen LogP contribution in [0.25, 0.3) is 0 Å². The minimum absolute atomic E-state index is 0.113. The smallest absolute Gasteiger partial charge is 0.253 e. The number of carbonyl (C=O) groups excluding carboxylic acids is 1. The van der Waals surface area contributed by atoms with E-state index in [-0.39, 0.29) is 5.91 Å². The number of hydrogen-bond donors (Lipinski definition) is 0. The van der Waals surface area contributed by atoms with Crippen LogP contribution in [0.15, 0.2) is 22.7 Å². The standard InChI is InChI=1S/C14H17BrClNO/c1-2-10-5-7-17(8-6-10)14(18)11-3-4-13(16)12(15)9-11/h3-4,9-10H,2,5-8H2,1H3. The van der Waals surface area contributed by atoms with Crippen molar-refractivity contribution in [1.29, 1.82) is 0 Å². The van der Waals surface area contributed by atoms with E-state index in [0.29, 0.717) is 10.6 Å². The van der Waals surface area contributed by atoms with Crippen LogP contribution in [-0.4, -0.2) is 23.9 Å². The lowest BCUT2D eigenvalue weighted by atomic mass is 9.94. The van der Waals surface area contributed by atoms with Gasteiger partial charge >= 0.3 is 0 Å². The molecule has 0 aliphatic carbocycles. The van der Waals surface area contributed by atoms with E-state index in [9.17, 15) is 4.79 Å². The van der Waals surface area contributed by atoms with Gasteiger partial charge in [0, 0.05) is 23.1 Å². The fourth-order valence-electron chi connectivity index (χ4n) is 2.36. The average Bonchev–Trinajstić information content (AvgIpc) is 2.41. The van der Waals surface area contributed by atoms with Crippen LogP contribution in [0.5, 0.6) is 0 Å². The maximum absolute atomic E-state index is 12.3. The molecule has 1 fully saturated rings. The summed E-state index contributed by atoms with van der Waals surface area (Å²) in [6.45, 7) is 3.97. The molecule has 0 unspecified atom stereocenters. The zero-order valence-electron chi connectivity index (χ0n) is 10.5. The summed E-state index contributed by atoms with van der Waals surface area (Å²) in [6, 6.07) is 5.36. The second-order valence-corrected chi connectivity index (χ2v) is 6.03. The SMILES string of the molecule is CCC1CCN(C(=O)c2ccc(Cl)c(Br)c2)CC1. The molecule has 98 valence electrons. The first-order valence-electron chi connectivity index (χ1n) is 6.36. The van der Waals surface area contributed by atoms with Gasteiger partial charge in [0.2, 0.25) is 0 Å². The molecule has 1 aromatic carbocycles. The number of carbonyl (C=O) groups is 1. The Labute approximate surface area is 121 Å². The molecule has 4 heteroatoms. The van der Waals surface area contributed by atoms with Crippen LogP contribution in [0.2, 0.25) is 5.02 Å². The van der Waals surface area contributed by atoms with Crippen LogP contribution in [-0.2, 0) is 0 Å². The predicted octanol–water partition coefficient (Wildman–Crippen LogP) is 4.36. The molecule has 1 aliphatic rings. The quantitative estimate of drug-likeness (QED) is 0.788. The molecular weight excluding hydrogens is 314 g/mol. The number of hydrogen-bond acceptors (Lipinski definition) is 1. The van der Waals surface area contributed by atoms with Crippen molar-refractivity contribution < 1.29 is 4.79 Å². The van der Waals surface area contributed by atoms with Gasteiger partial charge in [0.1, 0.15) is 0 Å². The zero-order chi connectivity index (χ0) is 13.1. The van der Waals surface area contributed by atoms with E-state index in [0.717, 1.165) is 36.3 Å². The fraction of sp³-hybridized carbons (Fsp3) is 0.500. The molecule has 2 rings (SSSR count). The summed E-state index contributed by atoms with van der Waals surface area (Å²) in [7, 11) is 0. The van der Waals surface area contributed by atoms with E-state index in [4.69, 9.17) is 11.6 Å². The van der Waals surface area contributed by atoms with Crippen LogP contribution in [0.4, 0.5) is 0 Å². The lowest BCUT2D eigenvalue weighted by Gasteiger charge is -2.31. The van der Waals surface area contributed by atoms with Gasteiger partial charge in [-0.15, -0.1) is 0 Å². The predicted molar refractivity (Wildman–Crippen MR) is 78.1 cm³/mol. The number of rotatable bonds is 2. The van der Waals surface area contributed by atoms with E-state index in [1.54, 1.807) is 18.2 Å². The Bertz CT molecular complexity index is 441. The lowest BCUT2D eigenvalue weighted by Crippen LogP contribution is -2.38. The van der Waals surface area contributed by atoms with E-state index in [1.807, 2.05) is 4.90 Å². The van der Waals surface area contributed by atoms with E-state index < -0.39 is 0 Å². The molecule has 0 radical (unpaired) electrons. The monoisotopic (exact) mass is 329 g/mol. The minimum atomic E-state index is 0.113. The maximum atomic E-state index is 12.3. The third-order valence-corrected chi connectivity index (χ3v) is 4.86. The second-order valence-electron chi connectivity index (χ2n) is 4.77. The van der Waals surface area contributed by atoms with E-state index in [2.05, 4.69) is 22.9 Å². The summed E-state index contributed by atoms with van der Waals surface area (Å²) < 4.78 is 0.776. The average molecular weight is 331 g/mol. The Kier molecular flexibility index (Phi) is 4.68. The highest BCUT2D eigenvalue weighted by molar-refractivity contribution is 9.10. The molecule has 2 nitrogen and oxygen atoms in total. The summed E-state index contributed by atoms with van der Waals surface area (Å²) >= 11 is 9.29. The zero-order valence-corrected chi connectivity index (χ0v) is 12.8. The Hall–Kier alpha value is -0.540. The van der Waals surface area contributed by atoms with Gasteiger partial charge in [0.15, 0.2) is 0 Å². The van der Waals surface area contributed by atoms with Crippen LogP contribution in [0, 0.1) is 5.92 Å². The molecule has 1 aliphatic heterocycles. The molecule has 1 amide bonds. The largest absolute Gasteiger partial charge is 0.339 e. The Morgan fingerprint density at radius 2 is 2.11 bits per heavy atom. The van der Waals surface area contributed by atoms with Crippen molar-refractivity contribution in [3.05, 3.63) is 33.3 Å². The summed E-state index contributed by atoms with van der Waals surface area (Å²) in [4.78, 5) is 14.3.